The zero-order valence-corrected chi connectivity index (χ0v) is 32.3. The number of rotatable bonds is 23. The number of nitrogens with two attached hydrogens (primary N) is 2. The first-order valence-corrected chi connectivity index (χ1v) is 18.7. The van der Waals surface area contributed by atoms with Crippen LogP contribution in [0.3, 0.4) is 0 Å². The van der Waals surface area contributed by atoms with Crippen LogP contribution >= 0.6 is 0 Å². The van der Waals surface area contributed by atoms with Gasteiger partial charge < -0.3 is 53.4 Å². The van der Waals surface area contributed by atoms with Gasteiger partial charge >= 0.3 is 5.97 Å². The third-order valence-electron chi connectivity index (χ3n) is 9.58. The lowest BCUT2D eigenvalue weighted by molar-refractivity contribution is -0.143. The normalized spacial score (nSPS) is 18.7. The predicted molar refractivity (Wildman–Crippen MR) is 201 cm³/mol. The number of nitrogens with zero attached hydrogens (tertiary/aromatic N) is 1. The van der Waals surface area contributed by atoms with E-state index in [0.717, 1.165) is 5.56 Å². The van der Waals surface area contributed by atoms with E-state index in [1.807, 2.05) is 56.0 Å². The SMILES string of the molecule is CC[C@H](C)[C@H](NC(=O)[C@@H]1CCCN1C[C@H](Cc1ccccc1)NC(=O)[C@H](CC(N)=O)NC(=O)[C@H](CC(C)C)NC(=O)[C@@H](N)[C@@H](C)O)C(=O)N[C@@H](CO)C(=O)O. The van der Waals surface area contributed by atoms with E-state index in [4.69, 9.17) is 11.5 Å². The van der Waals surface area contributed by atoms with Crippen LogP contribution in [0, 0.1) is 11.8 Å². The van der Waals surface area contributed by atoms with Crippen molar-refractivity contribution >= 4 is 41.4 Å². The Morgan fingerprint density at radius 3 is 2.00 bits per heavy atom. The van der Waals surface area contributed by atoms with E-state index >= 15 is 0 Å². The van der Waals surface area contributed by atoms with Gasteiger partial charge in [0.1, 0.15) is 30.2 Å². The van der Waals surface area contributed by atoms with Gasteiger partial charge in [0.05, 0.1) is 25.2 Å². The van der Waals surface area contributed by atoms with Crippen LogP contribution in [-0.4, -0.2) is 130 Å². The summed E-state index contributed by atoms with van der Waals surface area (Å²) in [4.78, 5) is 92.3. The molecule has 308 valence electrons. The van der Waals surface area contributed by atoms with Gasteiger partial charge in [-0.05, 0) is 56.6 Å². The minimum Gasteiger partial charge on any atom is -0.480 e. The second-order valence-corrected chi connectivity index (χ2v) is 14.7. The summed E-state index contributed by atoms with van der Waals surface area (Å²) >= 11 is 0. The molecule has 2 rings (SSSR count). The maximum Gasteiger partial charge on any atom is 0.328 e. The Hall–Kier alpha value is -4.65. The van der Waals surface area contributed by atoms with Crippen molar-refractivity contribution in [3.63, 3.8) is 0 Å². The number of aliphatic hydroxyl groups excluding tert-OH is 2. The maximum atomic E-state index is 13.9. The molecule has 0 spiro atoms. The van der Waals surface area contributed by atoms with Crippen molar-refractivity contribution in [2.45, 2.75) is 122 Å². The lowest BCUT2D eigenvalue weighted by Gasteiger charge is -2.32. The lowest BCUT2D eigenvalue weighted by atomic mass is 9.97. The molecule has 1 heterocycles. The number of aliphatic carboxylic acids is 1. The minimum absolute atomic E-state index is 0.0832. The van der Waals surface area contributed by atoms with E-state index in [2.05, 4.69) is 26.6 Å². The fraction of sp³-hybridized carbons (Fsp3) is 0.649. The van der Waals surface area contributed by atoms with Gasteiger partial charge in [0.15, 0.2) is 0 Å². The van der Waals surface area contributed by atoms with Crippen LogP contribution in [0.1, 0.15) is 72.3 Å². The molecule has 1 fully saturated rings. The first kappa shape index (κ1) is 46.5. The molecule has 0 radical (unpaired) electrons. The smallest absolute Gasteiger partial charge is 0.328 e. The van der Waals surface area contributed by atoms with Crippen molar-refractivity contribution in [1.82, 2.24) is 31.5 Å². The Kier molecular flexibility index (Phi) is 19.2. The van der Waals surface area contributed by atoms with E-state index in [0.29, 0.717) is 32.2 Å². The van der Waals surface area contributed by atoms with Gasteiger partial charge in [0.25, 0.3) is 0 Å². The zero-order valence-electron chi connectivity index (χ0n) is 32.3. The van der Waals surface area contributed by atoms with Crippen LogP contribution in [0.4, 0.5) is 0 Å². The first-order chi connectivity index (χ1) is 25.9. The summed E-state index contributed by atoms with van der Waals surface area (Å²) in [6.45, 7) is 8.33. The summed E-state index contributed by atoms with van der Waals surface area (Å²) in [5.41, 5.74) is 12.1. The molecule has 1 saturated heterocycles. The standard InChI is InChI=1S/C37H60N8O10/c1-6-21(4)31(36(53)43-27(19-46)37(54)55)44-34(51)28-13-10-14-45(28)18-24(16-23-11-8-7-9-12-23)40-32(49)26(17-29(38)48)41-33(50)25(15-20(2)3)42-35(52)30(39)22(5)47/h7-9,11-12,20-22,24-28,30-31,46-47H,6,10,13-19,39H2,1-5H3,(H2,38,48)(H,40,49)(H,41,50)(H,42,52)(H,43,53)(H,44,51)(H,54,55)/t21-,22+,24-,25-,26-,27-,28-,30-,31-/m0/s1. The van der Waals surface area contributed by atoms with Crippen molar-refractivity contribution in [1.29, 1.82) is 0 Å². The number of benzene rings is 1. The molecule has 1 aromatic carbocycles. The molecule has 6 amide bonds. The Bertz CT molecular complexity index is 1460. The molecule has 0 aliphatic carbocycles. The van der Waals surface area contributed by atoms with Gasteiger partial charge in [0, 0.05) is 12.6 Å². The summed E-state index contributed by atoms with van der Waals surface area (Å²) in [5.74, 6) is -6.22. The number of aliphatic hydroxyl groups is 2. The van der Waals surface area contributed by atoms with E-state index in [-0.39, 0.29) is 24.8 Å². The molecule has 0 aromatic heterocycles. The number of hydrogen-bond donors (Lipinski definition) is 10. The highest BCUT2D eigenvalue weighted by molar-refractivity contribution is 5.95. The Morgan fingerprint density at radius 2 is 1.45 bits per heavy atom. The molecular weight excluding hydrogens is 716 g/mol. The van der Waals surface area contributed by atoms with Crippen LogP contribution in [0.5, 0.6) is 0 Å². The molecule has 9 atom stereocenters. The molecule has 55 heavy (non-hydrogen) atoms. The quantitative estimate of drug-likeness (QED) is 0.0571. The fourth-order valence-electron chi connectivity index (χ4n) is 6.26. The van der Waals surface area contributed by atoms with Crippen LogP contribution in [0.15, 0.2) is 30.3 Å². The second-order valence-electron chi connectivity index (χ2n) is 14.7. The monoisotopic (exact) mass is 776 g/mol. The number of carboxylic acid groups (broad SMARTS) is 1. The van der Waals surface area contributed by atoms with E-state index in [9.17, 15) is 48.9 Å². The average molecular weight is 777 g/mol. The molecule has 18 heteroatoms. The van der Waals surface area contributed by atoms with Gasteiger partial charge in [-0.3, -0.25) is 33.7 Å². The summed E-state index contributed by atoms with van der Waals surface area (Å²) < 4.78 is 0. The number of carbonyl (C=O) groups is 7. The fourth-order valence-corrected chi connectivity index (χ4v) is 6.26. The molecular formula is C37H60N8O10. The number of carboxylic acids is 1. The maximum absolute atomic E-state index is 13.9. The third kappa shape index (κ3) is 15.2. The van der Waals surface area contributed by atoms with E-state index in [1.54, 1.807) is 6.92 Å². The number of likely N-dealkylation sites (tertiary alicyclic amines) is 1. The van der Waals surface area contributed by atoms with Crippen LogP contribution in [0.25, 0.3) is 0 Å². The Morgan fingerprint density at radius 1 is 0.855 bits per heavy atom. The zero-order chi connectivity index (χ0) is 41.4. The highest BCUT2D eigenvalue weighted by Crippen LogP contribution is 2.20. The third-order valence-corrected chi connectivity index (χ3v) is 9.58. The largest absolute Gasteiger partial charge is 0.480 e. The van der Waals surface area contributed by atoms with E-state index < -0.39 is 103 Å². The number of primary amides is 1. The van der Waals surface area contributed by atoms with Crippen LogP contribution in [-0.2, 0) is 40.0 Å². The summed E-state index contributed by atoms with van der Waals surface area (Å²) in [5, 5.41) is 41.5. The predicted octanol–water partition coefficient (Wildman–Crippen LogP) is -2.13. The molecule has 1 aromatic rings. The molecule has 12 N–H and O–H groups in total. The minimum atomic E-state index is -1.54. The number of amides is 6. The lowest BCUT2D eigenvalue weighted by Crippen LogP contribution is -2.60. The Balaban J connectivity index is 2.33. The molecule has 0 bridgehead atoms. The number of hydrogen-bond acceptors (Lipinski definition) is 11. The summed E-state index contributed by atoms with van der Waals surface area (Å²) in [6.07, 6.45) is 0.249. The van der Waals surface area contributed by atoms with Crippen molar-refractivity contribution in [2.75, 3.05) is 19.7 Å². The highest BCUT2D eigenvalue weighted by atomic mass is 16.4. The van der Waals surface area contributed by atoms with Crippen molar-refractivity contribution in [2.24, 2.45) is 23.3 Å². The summed E-state index contributed by atoms with van der Waals surface area (Å²) in [7, 11) is 0. The van der Waals surface area contributed by atoms with Gasteiger partial charge in [-0.25, -0.2) is 4.79 Å². The average Bonchev–Trinajstić information content (AvgIpc) is 3.59. The molecule has 0 unspecified atom stereocenters. The van der Waals surface area contributed by atoms with Gasteiger partial charge in [-0.2, -0.15) is 0 Å². The molecule has 0 saturated carbocycles. The van der Waals surface area contributed by atoms with Crippen LogP contribution in [0.2, 0.25) is 0 Å². The molecule has 1 aliphatic rings. The highest BCUT2D eigenvalue weighted by Gasteiger charge is 2.37. The van der Waals surface area contributed by atoms with Gasteiger partial charge in [-0.15, -0.1) is 0 Å². The Labute approximate surface area is 321 Å². The van der Waals surface area contributed by atoms with Crippen molar-refractivity contribution in [3.05, 3.63) is 35.9 Å². The van der Waals surface area contributed by atoms with E-state index in [1.165, 1.54) is 6.92 Å². The molecule has 18 nitrogen and oxygen atoms in total. The summed E-state index contributed by atoms with van der Waals surface area (Å²) in [6, 6.07) is 1.33. The number of carbonyl (C=O) groups excluding carboxylic acids is 6. The van der Waals surface area contributed by atoms with Crippen LogP contribution < -0.4 is 38.1 Å². The second kappa shape index (κ2) is 22.7. The van der Waals surface area contributed by atoms with Crippen molar-refractivity contribution < 1.29 is 48.9 Å². The number of nitrogens with one attached hydrogen (secondary N) is 5. The topological polar surface area (TPSA) is 296 Å². The molecule has 1 aliphatic heterocycles. The van der Waals surface area contributed by atoms with Gasteiger partial charge in [-0.1, -0.05) is 64.4 Å². The van der Waals surface area contributed by atoms with Gasteiger partial charge in [0.2, 0.25) is 35.4 Å². The first-order valence-electron chi connectivity index (χ1n) is 18.7. The van der Waals surface area contributed by atoms with Crippen molar-refractivity contribution in [3.8, 4) is 0 Å².